The summed E-state index contributed by atoms with van der Waals surface area (Å²) in [5.74, 6) is 0.787. The van der Waals surface area contributed by atoms with E-state index in [2.05, 4.69) is 4.90 Å². The van der Waals surface area contributed by atoms with E-state index in [9.17, 15) is 9.90 Å². The van der Waals surface area contributed by atoms with Gasteiger partial charge in [-0.05, 0) is 67.6 Å². The van der Waals surface area contributed by atoms with Crippen LogP contribution in [0, 0.1) is 0 Å². The smallest absolute Gasteiger partial charge is 0.226 e. The lowest BCUT2D eigenvalue weighted by Crippen LogP contribution is -2.47. The highest BCUT2D eigenvalue weighted by Gasteiger charge is 2.37. The van der Waals surface area contributed by atoms with E-state index in [-0.39, 0.29) is 36.9 Å². The molecule has 39 heavy (non-hydrogen) atoms. The molecule has 0 aromatic heterocycles. The molecule has 5 nitrogen and oxygen atoms in total. The maximum atomic E-state index is 13.3. The second-order valence-electron chi connectivity index (χ2n) is 10.4. The standard InChI is InChI=1S/C31H36Cl2N2O3.ClH/c1-22(2)38-26-11-7-8-23(18-26)19-30(36)34(3)21-29(24-12-13-27(32)28(33)20-24)35-16-14-31(37,15-17-35)25-9-5-4-6-10-25;/h4-13,18,20,22,29,37H,14-17,19,21H2,1-3H3;1H. The van der Waals surface area contributed by atoms with Crippen LogP contribution in [-0.4, -0.2) is 53.6 Å². The molecule has 0 radical (unpaired) electrons. The van der Waals surface area contributed by atoms with E-state index in [1.54, 1.807) is 11.0 Å². The number of hydrogen-bond donors (Lipinski definition) is 1. The number of aliphatic hydroxyl groups is 1. The number of ether oxygens (including phenoxy) is 1. The molecule has 8 heteroatoms. The molecule has 1 unspecified atom stereocenters. The molecular weight excluding hydrogens is 555 g/mol. The van der Waals surface area contributed by atoms with Crippen molar-refractivity contribution in [3.63, 3.8) is 0 Å². The molecule has 1 amide bonds. The number of piperidine rings is 1. The Morgan fingerprint density at radius 3 is 2.33 bits per heavy atom. The lowest BCUT2D eigenvalue weighted by atomic mass is 9.83. The minimum atomic E-state index is -0.856. The van der Waals surface area contributed by atoms with Crippen molar-refractivity contribution in [1.29, 1.82) is 0 Å². The van der Waals surface area contributed by atoms with Gasteiger partial charge in [-0.1, -0.05) is 71.7 Å². The Bertz CT molecular complexity index is 1230. The molecule has 1 aliphatic heterocycles. The van der Waals surface area contributed by atoms with Gasteiger partial charge in [0, 0.05) is 26.7 Å². The third kappa shape index (κ3) is 8.12. The summed E-state index contributed by atoms with van der Waals surface area (Å²) in [5, 5.41) is 12.4. The monoisotopic (exact) mass is 590 g/mol. The SMILES string of the molecule is CC(C)Oc1cccc(CC(=O)N(C)CC(c2ccc(Cl)c(Cl)c2)N2CCC(O)(c3ccccc3)CC2)c1.Cl. The van der Waals surface area contributed by atoms with Gasteiger partial charge in [0.05, 0.1) is 34.2 Å². The summed E-state index contributed by atoms with van der Waals surface area (Å²) < 4.78 is 5.79. The highest BCUT2D eigenvalue weighted by molar-refractivity contribution is 6.42. The number of carbonyl (C=O) groups is 1. The van der Waals surface area contributed by atoms with Crippen LogP contribution in [0.15, 0.2) is 72.8 Å². The highest BCUT2D eigenvalue weighted by atomic mass is 35.5. The maximum Gasteiger partial charge on any atom is 0.226 e. The van der Waals surface area contributed by atoms with Crippen LogP contribution < -0.4 is 4.74 Å². The summed E-state index contributed by atoms with van der Waals surface area (Å²) in [6.45, 7) is 5.83. The van der Waals surface area contributed by atoms with E-state index in [0.717, 1.165) is 22.4 Å². The fraction of sp³-hybridized carbons (Fsp3) is 0.387. The van der Waals surface area contributed by atoms with Crippen molar-refractivity contribution >= 4 is 41.5 Å². The van der Waals surface area contributed by atoms with Crippen molar-refractivity contribution in [2.75, 3.05) is 26.7 Å². The molecule has 0 bridgehead atoms. The minimum Gasteiger partial charge on any atom is -0.491 e. The molecule has 0 spiro atoms. The van der Waals surface area contributed by atoms with E-state index >= 15 is 0 Å². The fourth-order valence-electron chi connectivity index (χ4n) is 5.07. The Morgan fingerprint density at radius 1 is 1.00 bits per heavy atom. The van der Waals surface area contributed by atoms with Crippen LogP contribution in [0.3, 0.4) is 0 Å². The number of likely N-dealkylation sites (N-methyl/N-ethyl adjacent to an activating group) is 1. The van der Waals surface area contributed by atoms with Crippen molar-refractivity contribution in [2.24, 2.45) is 0 Å². The van der Waals surface area contributed by atoms with Gasteiger partial charge in [0.2, 0.25) is 5.91 Å². The molecule has 0 aliphatic carbocycles. The number of carbonyl (C=O) groups excluding carboxylic acids is 1. The van der Waals surface area contributed by atoms with Gasteiger partial charge < -0.3 is 14.7 Å². The lowest BCUT2D eigenvalue weighted by Gasteiger charge is -2.43. The van der Waals surface area contributed by atoms with Gasteiger partial charge in [-0.15, -0.1) is 12.4 Å². The van der Waals surface area contributed by atoms with Gasteiger partial charge in [0.1, 0.15) is 5.75 Å². The van der Waals surface area contributed by atoms with Crippen LogP contribution in [0.5, 0.6) is 5.75 Å². The summed E-state index contributed by atoms with van der Waals surface area (Å²) in [6.07, 6.45) is 1.57. The summed E-state index contributed by atoms with van der Waals surface area (Å²) in [7, 11) is 1.84. The van der Waals surface area contributed by atoms with E-state index in [0.29, 0.717) is 42.5 Å². The zero-order valence-corrected chi connectivity index (χ0v) is 25.0. The number of amides is 1. The first kappa shape index (κ1) is 31.3. The zero-order chi connectivity index (χ0) is 27.3. The van der Waals surface area contributed by atoms with Gasteiger partial charge in [-0.25, -0.2) is 0 Å². The van der Waals surface area contributed by atoms with Crippen LogP contribution in [0.4, 0.5) is 0 Å². The second-order valence-corrected chi connectivity index (χ2v) is 11.2. The third-order valence-electron chi connectivity index (χ3n) is 7.20. The number of nitrogens with zero attached hydrogens (tertiary/aromatic N) is 2. The summed E-state index contributed by atoms with van der Waals surface area (Å²) in [5.41, 5.74) is 2.00. The summed E-state index contributed by atoms with van der Waals surface area (Å²) in [4.78, 5) is 17.4. The van der Waals surface area contributed by atoms with E-state index < -0.39 is 5.60 Å². The van der Waals surface area contributed by atoms with Crippen LogP contribution in [0.2, 0.25) is 10.0 Å². The zero-order valence-electron chi connectivity index (χ0n) is 22.6. The molecule has 1 saturated heterocycles. The maximum absolute atomic E-state index is 13.3. The van der Waals surface area contributed by atoms with Crippen LogP contribution >= 0.6 is 35.6 Å². The van der Waals surface area contributed by atoms with Crippen molar-refractivity contribution in [3.8, 4) is 5.75 Å². The molecule has 1 fully saturated rings. The van der Waals surface area contributed by atoms with Gasteiger partial charge in [-0.2, -0.15) is 0 Å². The Labute approximate surface area is 248 Å². The number of halogens is 3. The lowest BCUT2D eigenvalue weighted by molar-refractivity contribution is -0.130. The minimum absolute atomic E-state index is 0. The van der Waals surface area contributed by atoms with Gasteiger partial charge in [-0.3, -0.25) is 9.69 Å². The average molecular weight is 592 g/mol. The number of likely N-dealkylation sites (tertiary alicyclic amines) is 1. The molecule has 3 aromatic carbocycles. The first-order chi connectivity index (χ1) is 18.1. The Morgan fingerprint density at radius 2 is 1.69 bits per heavy atom. The van der Waals surface area contributed by atoms with Crippen molar-refractivity contribution in [3.05, 3.63) is 99.5 Å². The molecule has 1 N–H and O–H groups in total. The quantitative estimate of drug-likeness (QED) is 0.293. The van der Waals surface area contributed by atoms with Crippen molar-refractivity contribution in [2.45, 2.75) is 50.9 Å². The molecule has 1 atom stereocenters. The molecule has 3 aromatic rings. The van der Waals surface area contributed by atoms with E-state index in [1.807, 2.05) is 87.6 Å². The first-order valence-electron chi connectivity index (χ1n) is 13.1. The van der Waals surface area contributed by atoms with Crippen LogP contribution in [0.1, 0.15) is 49.4 Å². The number of hydrogen-bond acceptors (Lipinski definition) is 4. The summed E-state index contributed by atoms with van der Waals surface area (Å²) in [6, 6.07) is 23.1. The molecule has 210 valence electrons. The topological polar surface area (TPSA) is 53.0 Å². The highest BCUT2D eigenvalue weighted by Crippen LogP contribution is 2.37. The van der Waals surface area contributed by atoms with Crippen molar-refractivity contribution < 1.29 is 14.6 Å². The van der Waals surface area contributed by atoms with E-state index in [1.165, 1.54) is 0 Å². The largest absolute Gasteiger partial charge is 0.491 e. The van der Waals surface area contributed by atoms with Gasteiger partial charge in [0.25, 0.3) is 0 Å². The Kier molecular flexibility index (Phi) is 11.1. The Hall–Kier alpha value is -2.28. The Balaban J connectivity index is 0.00000420. The van der Waals surface area contributed by atoms with Crippen LogP contribution in [0.25, 0.3) is 0 Å². The van der Waals surface area contributed by atoms with Crippen LogP contribution in [-0.2, 0) is 16.8 Å². The third-order valence-corrected chi connectivity index (χ3v) is 7.94. The normalized spacial score (nSPS) is 15.9. The number of benzene rings is 3. The van der Waals surface area contributed by atoms with Gasteiger partial charge in [0.15, 0.2) is 0 Å². The second kappa shape index (κ2) is 13.9. The number of rotatable bonds is 9. The van der Waals surface area contributed by atoms with Gasteiger partial charge >= 0.3 is 0 Å². The average Bonchev–Trinajstić information content (AvgIpc) is 2.90. The predicted molar refractivity (Wildman–Crippen MR) is 161 cm³/mol. The molecule has 1 aliphatic rings. The predicted octanol–water partition coefficient (Wildman–Crippen LogP) is 6.93. The fourth-order valence-corrected chi connectivity index (χ4v) is 5.37. The molecule has 4 rings (SSSR count). The molecular formula is C31H37Cl3N2O3. The molecule has 0 saturated carbocycles. The van der Waals surface area contributed by atoms with E-state index in [4.69, 9.17) is 27.9 Å². The van der Waals surface area contributed by atoms with Crippen molar-refractivity contribution in [1.82, 2.24) is 9.80 Å². The molecule has 1 heterocycles. The first-order valence-corrected chi connectivity index (χ1v) is 13.9. The summed E-state index contributed by atoms with van der Waals surface area (Å²) >= 11 is 12.6.